The van der Waals surface area contributed by atoms with Gasteiger partial charge in [-0.2, -0.15) is 0 Å². The summed E-state index contributed by atoms with van der Waals surface area (Å²) in [6.45, 7) is 6.18. The molecule has 2 unspecified atom stereocenters. The molecule has 2 N–H and O–H groups in total. The highest BCUT2D eigenvalue weighted by atomic mass is 16.4. The normalized spacial score (nSPS) is 23.2. The van der Waals surface area contributed by atoms with E-state index in [1.165, 1.54) is 0 Å². The first-order valence-corrected chi connectivity index (χ1v) is 6.23. The molecule has 2 amide bonds. The third kappa shape index (κ3) is 3.11. The molecule has 1 aliphatic rings. The first kappa shape index (κ1) is 13.8. The van der Waals surface area contributed by atoms with E-state index in [9.17, 15) is 14.7 Å². The number of rotatable bonds is 4. The molecule has 1 saturated heterocycles. The first-order valence-electron chi connectivity index (χ1n) is 6.23. The third-order valence-electron chi connectivity index (χ3n) is 3.42. The number of aliphatic carboxylic acids is 1. The molecule has 5 nitrogen and oxygen atoms in total. The number of carbonyl (C=O) groups is 2. The van der Waals surface area contributed by atoms with Crippen molar-refractivity contribution in [3.63, 3.8) is 0 Å². The molecule has 0 aromatic heterocycles. The summed E-state index contributed by atoms with van der Waals surface area (Å²) in [5, 5.41) is 11.8. The van der Waals surface area contributed by atoms with Gasteiger partial charge in [-0.3, -0.25) is 0 Å². The molecule has 0 saturated carbocycles. The lowest BCUT2D eigenvalue weighted by atomic mass is 9.96. The van der Waals surface area contributed by atoms with Gasteiger partial charge in [-0.15, -0.1) is 0 Å². The number of urea groups is 1. The van der Waals surface area contributed by atoms with Crippen LogP contribution in [0.1, 0.15) is 46.5 Å². The van der Waals surface area contributed by atoms with Crippen LogP contribution < -0.4 is 5.32 Å². The molecular formula is C12H22N2O3. The zero-order valence-corrected chi connectivity index (χ0v) is 10.8. The summed E-state index contributed by atoms with van der Waals surface area (Å²) < 4.78 is 0. The Balaban J connectivity index is 2.67. The molecule has 1 rings (SSSR count). The summed E-state index contributed by atoms with van der Waals surface area (Å²) >= 11 is 0. The van der Waals surface area contributed by atoms with E-state index in [-0.39, 0.29) is 12.1 Å². The monoisotopic (exact) mass is 242 g/mol. The number of carboxylic acid groups (broad SMARTS) is 1. The maximum absolute atomic E-state index is 12.0. The number of likely N-dealkylation sites (tertiary alicyclic amines) is 1. The number of hydrogen-bond acceptors (Lipinski definition) is 2. The maximum Gasteiger partial charge on any atom is 0.329 e. The van der Waals surface area contributed by atoms with Gasteiger partial charge in [-0.1, -0.05) is 13.3 Å². The zero-order valence-electron chi connectivity index (χ0n) is 10.8. The van der Waals surface area contributed by atoms with Gasteiger partial charge >= 0.3 is 12.0 Å². The highest BCUT2D eigenvalue weighted by molar-refractivity contribution is 5.86. The molecule has 98 valence electrons. The van der Waals surface area contributed by atoms with E-state index in [1.807, 2.05) is 13.8 Å². The minimum atomic E-state index is -1.16. The Labute approximate surface area is 102 Å². The van der Waals surface area contributed by atoms with Crippen LogP contribution in [0.5, 0.6) is 0 Å². The number of nitrogens with zero attached hydrogens (tertiary/aromatic N) is 1. The highest BCUT2D eigenvalue weighted by Gasteiger charge is 2.36. The molecule has 0 aliphatic carbocycles. The van der Waals surface area contributed by atoms with Crippen molar-refractivity contribution in [2.45, 2.75) is 58.0 Å². The van der Waals surface area contributed by atoms with E-state index in [4.69, 9.17) is 0 Å². The Hall–Kier alpha value is -1.26. The second kappa shape index (κ2) is 5.38. The summed E-state index contributed by atoms with van der Waals surface area (Å²) in [5.74, 6) is -0.973. The lowest BCUT2D eigenvalue weighted by molar-refractivity contribution is -0.144. The van der Waals surface area contributed by atoms with Crippen LogP contribution >= 0.6 is 0 Å². The van der Waals surface area contributed by atoms with Gasteiger partial charge < -0.3 is 15.3 Å². The first-order chi connectivity index (χ1) is 7.90. The maximum atomic E-state index is 12.0. The second-order valence-electron chi connectivity index (χ2n) is 5.00. The van der Waals surface area contributed by atoms with Crippen molar-refractivity contribution in [3.8, 4) is 0 Å². The topological polar surface area (TPSA) is 69.6 Å². The highest BCUT2D eigenvalue weighted by Crippen LogP contribution is 2.19. The van der Waals surface area contributed by atoms with Crippen molar-refractivity contribution in [3.05, 3.63) is 0 Å². The molecule has 1 aliphatic heterocycles. The SMILES string of the molecule is CCCC(C)(NC(=O)N1CCCC1C)C(=O)O. The fraction of sp³-hybridized carbons (Fsp3) is 0.833. The minimum absolute atomic E-state index is 0.203. The molecule has 5 heteroatoms. The molecule has 1 fully saturated rings. The molecule has 0 aromatic carbocycles. The lowest BCUT2D eigenvalue weighted by Gasteiger charge is -2.30. The van der Waals surface area contributed by atoms with Gasteiger partial charge in [0.15, 0.2) is 0 Å². The van der Waals surface area contributed by atoms with E-state index in [2.05, 4.69) is 5.32 Å². The Morgan fingerprint density at radius 2 is 2.18 bits per heavy atom. The molecule has 0 radical (unpaired) electrons. The van der Waals surface area contributed by atoms with Crippen LogP contribution in [-0.2, 0) is 4.79 Å². The van der Waals surface area contributed by atoms with Crippen molar-refractivity contribution in [1.29, 1.82) is 0 Å². The Morgan fingerprint density at radius 1 is 1.53 bits per heavy atom. The van der Waals surface area contributed by atoms with E-state index in [0.717, 1.165) is 25.8 Å². The second-order valence-corrected chi connectivity index (χ2v) is 5.00. The van der Waals surface area contributed by atoms with Gasteiger partial charge in [0.25, 0.3) is 0 Å². The van der Waals surface area contributed by atoms with Gasteiger partial charge in [0.05, 0.1) is 0 Å². The number of hydrogen-bond donors (Lipinski definition) is 2. The molecule has 17 heavy (non-hydrogen) atoms. The molecule has 0 spiro atoms. The lowest BCUT2D eigenvalue weighted by Crippen LogP contribution is -2.56. The number of amides is 2. The van der Waals surface area contributed by atoms with Crippen LogP contribution in [0.15, 0.2) is 0 Å². The predicted molar refractivity (Wildman–Crippen MR) is 64.9 cm³/mol. The number of carboxylic acids is 1. The van der Waals surface area contributed by atoms with Gasteiger partial charge in [0.2, 0.25) is 0 Å². The van der Waals surface area contributed by atoms with Crippen molar-refractivity contribution in [2.75, 3.05) is 6.54 Å². The zero-order chi connectivity index (χ0) is 13.1. The largest absolute Gasteiger partial charge is 0.480 e. The molecule has 1 heterocycles. The summed E-state index contributed by atoms with van der Waals surface area (Å²) in [6.07, 6.45) is 3.14. The van der Waals surface area contributed by atoms with Crippen LogP contribution in [-0.4, -0.2) is 40.1 Å². The van der Waals surface area contributed by atoms with Crippen molar-refractivity contribution < 1.29 is 14.7 Å². The molecule has 2 atom stereocenters. The van der Waals surface area contributed by atoms with Crippen LogP contribution in [0, 0.1) is 0 Å². The number of nitrogens with one attached hydrogen (secondary N) is 1. The van der Waals surface area contributed by atoms with E-state index in [1.54, 1.807) is 11.8 Å². The quantitative estimate of drug-likeness (QED) is 0.790. The van der Waals surface area contributed by atoms with Gasteiger partial charge in [0, 0.05) is 12.6 Å². The third-order valence-corrected chi connectivity index (χ3v) is 3.42. The van der Waals surface area contributed by atoms with Crippen LogP contribution in [0.2, 0.25) is 0 Å². The van der Waals surface area contributed by atoms with E-state index in [0.29, 0.717) is 6.42 Å². The summed E-state index contributed by atoms with van der Waals surface area (Å²) in [5.41, 5.74) is -1.16. The van der Waals surface area contributed by atoms with Crippen LogP contribution in [0.4, 0.5) is 4.79 Å². The van der Waals surface area contributed by atoms with E-state index < -0.39 is 11.5 Å². The minimum Gasteiger partial charge on any atom is -0.480 e. The Bertz CT molecular complexity index is 306. The van der Waals surface area contributed by atoms with Gasteiger partial charge in [-0.05, 0) is 33.1 Å². The predicted octanol–water partition coefficient (Wildman–Crippen LogP) is 1.82. The van der Waals surface area contributed by atoms with Crippen LogP contribution in [0.25, 0.3) is 0 Å². The summed E-state index contributed by atoms with van der Waals surface area (Å²) in [7, 11) is 0. The fourth-order valence-electron chi connectivity index (χ4n) is 2.27. The van der Waals surface area contributed by atoms with E-state index >= 15 is 0 Å². The Morgan fingerprint density at radius 3 is 2.59 bits per heavy atom. The molecule has 0 bridgehead atoms. The molecular weight excluding hydrogens is 220 g/mol. The van der Waals surface area contributed by atoms with Gasteiger partial charge in [-0.25, -0.2) is 9.59 Å². The van der Waals surface area contributed by atoms with Crippen LogP contribution in [0.3, 0.4) is 0 Å². The number of carbonyl (C=O) groups excluding carboxylic acids is 1. The van der Waals surface area contributed by atoms with Crippen molar-refractivity contribution >= 4 is 12.0 Å². The van der Waals surface area contributed by atoms with Crippen molar-refractivity contribution in [1.82, 2.24) is 10.2 Å². The standard InChI is InChI=1S/C12H22N2O3/c1-4-7-12(3,10(15)16)13-11(17)14-8-5-6-9(14)2/h9H,4-8H2,1-3H3,(H,13,17)(H,15,16). The smallest absolute Gasteiger partial charge is 0.329 e. The molecule has 0 aromatic rings. The fourth-order valence-corrected chi connectivity index (χ4v) is 2.27. The van der Waals surface area contributed by atoms with Crippen molar-refractivity contribution in [2.24, 2.45) is 0 Å². The average molecular weight is 242 g/mol. The summed E-state index contributed by atoms with van der Waals surface area (Å²) in [6, 6.07) is -0.0528. The summed E-state index contributed by atoms with van der Waals surface area (Å²) in [4.78, 5) is 24.9. The van der Waals surface area contributed by atoms with Gasteiger partial charge in [0.1, 0.15) is 5.54 Å². The average Bonchev–Trinajstić information content (AvgIpc) is 2.64. The Kier molecular flexibility index (Phi) is 4.37.